The van der Waals surface area contributed by atoms with E-state index in [0.717, 1.165) is 10.5 Å². The monoisotopic (exact) mass is 436 g/mol. The van der Waals surface area contributed by atoms with Crippen LogP contribution in [0.3, 0.4) is 0 Å². The second kappa shape index (κ2) is 8.94. The van der Waals surface area contributed by atoms with Gasteiger partial charge < -0.3 is 4.74 Å². The van der Waals surface area contributed by atoms with E-state index in [1.165, 1.54) is 25.3 Å². The summed E-state index contributed by atoms with van der Waals surface area (Å²) in [5.41, 5.74) is 1.20. The number of benzene rings is 2. The molecule has 0 radical (unpaired) electrons. The van der Waals surface area contributed by atoms with Crippen LogP contribution >= 0.6 is 11.6 Å². The molecule has 1 heterocycles. The smallest absolute Gasteiger partial charge is 0.240 e. The maximum atomic E-state index is 12.7. The maximum Gasteiger partial charge on any atom is 0.240 e. The summed E-state index contributed by atoms with van der Waals surface area (Å²) in [5.74, 6) is -0.493. The Morgan fingerprint density at radius 3 is 2.34 bits per heavy atom. The maximum absolute atomic E-state index is 12.7. The number of anilines is 1. The van der Waals surface area contributed by atoms with Gasteiger partial charge in [0, 0.05) is 24.4 Å². The fraction of sp³-hybridized carbons (Fsp3) is 0.300. The lowest BCUT2D eigenvalue weighted by Gasteiger charge is -2.18. The molecule has 0 unspecified atom stereocenters. The van der Waals surface area contributed by atoms with Crippen LogP contribution in [0, 0.1) is 0 Å². The van der Waals surface area contributed by atoms with Crippen molar-refractivity contribution < 1.29 is 22.7 Å². The Morgan fingerprint density at radius 2 is 1.72 bits per heavy atom. The second-order valence-electron chi connectivity index (χ2n) is 6.58. The van der Waals surface area contributed by atoms with Gasteiger partial charge in [0.05, 0.1) is 17.7 Å². The van der Waals surface area contributed by atoms with Gasteiger partial charge in [-0.1, -0.05) is 23.7 Å². The van der Waals surface area contributed by atoms with Gasteiger partial charge in [-0.25, -0.2) is 18.0 Å². The molecular formula is C20H21ClN2O5S. The highest BCUT2D eigenvalue weighted by molar-refractivity contribution is 7.89. The molecule has 1 N–H and O–H groups in total. The predicted molar refractivity (Wildman–Crippen MR) is 110 cm³/mol. The molecule has 2 aromatic rings. The van der Waals surface area contributed by atoms with Gasteiger partial charge in [-0.2, -0.15) is 0 Å². The summed E-state index contributed by atoms with van der Waals surface area (Å²) in [6, 6.07) is 11.5. The van der Waals surface area contributed by atoms with Gasteiger partial charge >= 0.3 is 0 Å². The number of sulfonamides is 1. The van der Waals surface area contributed by atoms with Crippen LogP contribution in [0.5, 0.6) is 5.75 Å². The van der Waals surface area contributed by atoms with Crippen molar-refractivity contribution in [1.82, 2.24) is 4.72 Å². The highest BCUT2D eigenvalue weighted by atomic mass is 35.5. The summed E-state index contributed by atoms with van der Waals surface area (Å²) in [5, 5.41) is 0.653. The van der Waals surface area contributed by atoms with Crippen molar-refractivity contribution >= 4 is 39.1 Å². The molecule has 0 aromatic heterocycles. The molecule has 2 amide bonds. The lowest BCUT2D eigenvalue weighted by molar-refractivity contribution is -0.121. The van der Waals surface area contributed by atoms with E-state index < -0.39 is 10.0 Å². The van der Waals surface area contributed by atoms with Gasteiger partial charge in [0.15, 0.2) is 0 Å². The van der Waals surface area contributed by atoms with Crippen LogP contribution < -0.4 is 14.4 Å². The lowest BCUT2D eigenvalue weighted by Crippen LogP contribution is -2.30. The molecule has 1 aliphatic heterocycles. The van der Waals surface area contributed by atoms with E-state index in [2.05, 4.69) is 4.72 Å². The number of nitrogens with zero attached hydrogens (tertiary/aromatic N) is 1. The molecule has 1 fully saturated rings. The van der Waals surface area contributed by atoms with Crippen molar-refractivity contribution in [2.45, 2.75) is 30.6 Å². The Hall–Kier alpha value is -2.42. The molecular weight excluding hydrogens is 416 g/mol. The number of ether oxygens (including phenoxy) is 1. The average Bonchev–Trinajstić information content (AvgIpc) is 3.04. The number of imide groups is 1. The molecule has 154 valence electrons. The Bertz CT molecular complexity index is 1010. The third-order valence-corrected chi connectivity index (χ3v) is 6.31. The Balaban J connectivity index is 1.71. The number of hydrogen-bond donors (Lipinski definition) is 1. The number of hydrogen-bond acceptors (Lipinski definition) is 5. The van der Waals surface area contributed by atoms with Crippen LogP contribution in [0.2, 0.25) is 5.02 Å². The SMILES string of the molecule is COc1ccc(S(=O)(=O)NCCCc2ccc(Cl)cc2)cc1N1C(=O)CCC1=O. The van der Waals surface area contributed by atoms with Crippen molar-refractivity contribution in [2.75, 3.05) is 18.6 Å². The molecule has 3 rings (SSSR count). The number of halogens is 1. The zero-order valence-electron chi connectivity index (χ0n) is 15.9. The van der Waals surface area contributed by atoms with Gasteiger partial charge in [0.2, 0.25) is 21.8 Å². The number of carbonyl (C=O) groups is 2. The largest absolute Gasteiger partial charge is 0.495 e. The van der Waals surface area contributed by atoms with E-state index in [1.807, 2.05) is 12.1 Å². The van der Waals surface area contributed by atoms with Gasteiger partial charge in [-0.05, 0) is 48.7 Å². The van der Waals surface area contributed by atoms with Gasteiger partial charge in [-0.15, -0.1) is 0 Å². The summed E-state index contributed by atoms with van der Waals surface area (Å²) in [7, 11) is -2.41. The van der Waals surface area contributed by atoms with E-state index in [-0.39, 0.29) is 47.5 Å². The summed E-state index contributed by atoms with van der Waals surface area (Å²) >= 11 is 5.85. The lowest BCUT2D eigenvalue weighted by atomic mass is 10.1. The third kappa shape index (κ3) is 4.95. The molecule has 7 nitrogen and oxygen atoms in total. The van der Waals surface area contributed by atoms with Gasteiger partial charge in [0.1, 0.15) is 5.75 Å². The normalized spacial score (nSPS) is 14.5. The van der Waals surface area contributed by atoms with Gasteiger partial charge in [-0.3, -0.25) is 9.59 Å². The molecule has 0 aliphatic carbocycles. The number of carbonyl (C=O) groups excluding carboxylic acids is 2. The number of nitrogens with one attached hydrogen (secondary N) is 1. The minimum absolute atomic E-state index is 0.0349. The van der Waals surface area contributed by atoms with Crippen LogP contribution in [0.15, 0.2) is 47.4 Å². The first-order chi connectivity index (χ1) is 13.8. The van der Waals surface area contributed by atoms with Crippen LogP contribution in [-0.4, -0.2) is 33.9 Å². The van der Waals surface area contributed by atoms with Crippen LogP contribution in [0.1, 0.15) is 24.8 Å². The molecule has 1 aliphatic rings. The summed E-state index contributed by atoms with van der Waals surface area (Å²) < 4.78 is 33.1. The number of rotatable bonds is 8. The van der Waals surface area contributed by atoms with Crippen LogP contribution in [0.4, 0.5) is 5.69 Å². The Morgan fingerprint density at radius 1 is 1.07 bits per heavy atom. The van der Waals surface area contributed by atoms with E-state index in [1.54, 1.807) is 12.1 Å². The third-order valence-electron chi connectivity index (χ3n) is 4.60. The highest BCUT2D eigenvalue weighted by Crippen LogP contribution is 2.34. The molecule has 9 heteroatoms. The van der Waals surface area contributed by atoms with Gasteiger partial charge in [0.25, 0.3) is 0 Å². The molecule has 29 heavy (non-hydrogen) atoms. The highest BCUT2D eigenvalue weighted by Gasteiger charge is 2.33. The van der Waals surface area contributed by atoms with Crippen molar-refractivity contribution in [3.05, 3.63) is 53.1 Å². The predicted octanol–water partition coefficient (Wildman–Crippen LogP) is 2.91. The number of methoxy groups -OCH3 is 1. The van der Waals surface area contributed by atoms with Crippen molar-refractivity contribution in [2.24, 2.45) is 0 Å². The van der Waals surface area contributed by atoms with E-state index in [4.69, 9.17) is 16.3 Å². The molecule has 0 bridgehead atoms. The van der Waals surface area contributed by atoms with E-state index in [9.17, 15) is 18.0 Å². The quantitative estimate of drug-likeness (QED) is 0.507. The summed E-state index contributed by atoms with van der Waals surface area (Å²) in [6.07, 6.45) is 1.50. The first-order valence-electron chi connectivity index (χ1n) is 9.10. The topological polar surface area (TPSA) is 92.8 Å². The Labute approximate surface area is 174 Å². The zero-order chi connectivity index (χ0) is 21.0. The zero-order valence-corrected chi connectivity index (χ0v) is 17.4. The number of aryl methyl sites for hydroxylation is 1. The molecule has 0 spiro atoms. The molecule has 2 aromatic carbocycles. The second-order valence-corrected chi connectivity index (χ2v) is 8.79. The van der Waals surface area contributed by atoms with Crippen molar-refractivity contribution in [1.29, 1.82) is 0 Å². The number of amides is 2. The van der Waals surface area contributed by atoms with E-state index >= 15 is 0 Å². The van der Waals surface area contributed by atoms with E-state index in [0.29, 0.717) is 17.9 Å². The molecule has 0 atom stereocenters. The van der Waals surface area contributed by atoms with Crippen molar-refractivity contribution in [3.8, 4) is 5.75 Å². The fourth-order valence-electron chi connectivity index (χ4n) is 3.09. The summed E-state index contributed by atoms with van der Waals surface area (Å²) in [6.45, 7) is 0.244. The molecule has 0 saturated carbocycles. The minimum Gasteiger partial charge on any atom is -0.495 e. The minimum atomic E-state index is -3.81. The van der Waals surface area contributed by atoms with Crippen molar-refractivity contribution in [3.63, 3.8) is 0 Å². The fourth-order valence-corrected chi connectivity index (χ4v) is 4.31. The van der Waals surface area contributed by atoms with Crippen LogP contribution in [-0.2, 0) is 26.0 Å². The first-order valence-corrected chi connectivity index (χ1v) is 11.0. The standard InChI is InChI=1S/C20H21ClN2O5S/c1-28-18-9-8-16(13-17(18)23-19(24)10-11-20(23)25)29(26,27)22-12-2-3-14-4-6-15(21)7-5-14/h4-9,13,22H,2-3,10-12H2,1H3. The molecule has 1 saturated heterocycles. The van der Waals surface area contributed by atoms with Crippen LogP contribution in [0.25, 0.3) is 0 Å². The Kier molecular flexibility index (Phi) is 6.56. The average molecular weight is 437 g/mol. The summed E-state index contributed by atoms with van der Waals surface area (Å²) in [4.78, 5) is 25.1. The first kappa shape index (κ1) is 21.3.